The zero-order valence-corrected chi connectivity index (χ0v) is 16.9. The van der Waals surface area contributed by atoms with Crippen LogP contribution in [0.25, 0.3) is 22.4 Å². The number of halogens is 1. The third-order valence-corrected chi connectivity index (χ3v) is 5.23. The maximum absolute atomic E-state index is 13.2. The summed E-state index contributed by atoms with van der Waals surface area (Å²) in [5, 5.41) is 7.73. The molecular formula is C22H16ClN3O4. The van der Waals surface area contributed by atoms with Crippen LogP contribution in [0.4, 0.5) is 5.69 Å². The van der Waals surface area contributed by atoms with E-state index in [1.165, 1.54) is 0 Å². The van der Waals surface area contributed by atoms with Crippen LogP contribution < -0.4 is 14.8 Å². The highest BCUT2D eigenvalue weighted by molar-refractivity contribution is 6.34. The quantitative estimate of drug-likeness (QED) is 0.492. The molecule has 30 heavy (non-hydrogen) atoms. The van der Waals surface area contributed by atoms with E-state index in [-0.39, 0.29) is 12.7 Å². The number of amides is 1. The molecule has 0 saturated heterocycles. The van der Waals surface area contributed by atoms with E-state index in [1.54, 1.807) is 25.1 Å². The number of pyridine rings is 1. The number of ether oxygens (including phenoxy) is 2. The fourth-order valence-corrected chi connectivity index (χ4v) is 3.55. The summed E-state index contributed by atoms with van der Waals surface area (Å²) < 4.78 is 16.0. The summed E-state index contributed by atoms with van der Waals surface area (Å²) in [5.74, 6) is 0.708. The van der Waals surface area contributed by atoms with Crippen LogP contribution in [0.5, 0.6) is 11.5 Å². The van der Waals surface area contributed by atoms with Gasteiger partial charge in [-0.25, -0.2) is 4.98 Å². The third-order valence-electron chi connectivity index (χ3n) is 4.92. The van der Waals surface area contributed by atoms with Crippen LogP contribution in [0.3, 0.4) is 0 Å². The molecule has 1 amide bonds. The number of carbonyl (C=O) groups excluding carboxylic acids is 1. The van der Waals surface area contributed by atoms with Gasteiger partial charge in [-0.05, 0) is 19.9 Å². The number of aryl methyl sites for hydroxylation is 2. The van der Waals surface area contributed by atoms with Crippen LogP contribution in [0, 0.1) is 13.8 Å². The van der Waals surface area contributed by atoms with Crippen molar-refractivity contribution in [3.63, 3.8) is 0 Å². The molecule has 1 aliphatic heterocycles. The molecule has 0 bridgehead atoms. The van der Waals surface area contributed by atoms with Crippen molar-refractivity contribution in [1.82, 2.24) is 10.1 Å². The van der Waals surface area contributed by atoms with E-state index in [2.05, 4.69) is 15.5 Å². The smallest absolute Gasteiger partial charge is 0.259 e. The second kappa shape index (κ2) is 7.03. The first kappa shape index (κ1) is 18.4. The van der Waals surface area contributed by atoms with E-state index in [4.69, 9.17) is 25.6 Å². The SMILES string of the molecule is Cc1ccc(-c2cc(C(=O)Nc3cc4c(cc3Cl)OCO4)c3c(C)noc3n2)cc1. The van der Waals surface area contributed by atoms with Crippen LogP contribution in [-0.4, -0.2) is 22.8 Å². The lowest BCUT2D eigenvalue weighted by Crippen LogP contribution is -2.13. The van der Waals surface area contributed by atoms with Gasteiger partial charge in [0, 0.05) is 17.7 Å². The number of fused-ring (bicyclic) bond motifs is 2. The topological polar surface area (TPSA) is 86.5 Å². The van der Waals surface area contributed by atoms with Crippen LogP contribution >= 0.6 is 11.6 Å². The van der Waals surface area contributed by atoms with Crippen LogP contribution in [-0.2, 0) is 0 Å². The first-order valence-corrected chi connectivity index (χ1v) is 9.62. The molecule has 7 nitrogen and oxygen atoms in total. The van der Waals surface area contributed by atoms with Gasteiger partial charge < -0.3 is 19.3 Å². The average Bonchev–Trinajstić information content (AvgIpc) is 3.34. The molecule has 0 radical (unpaired) electrons. The summed E-state index contributed by atoms with van der Waals surface area (Å²) >= 11 is 6.32. The molecule has 0 spiro atoms. The Morgan fingerprint density at radius 2 is 1.80 bits per heavy atom. The van der Waals surface area contributed by atoms with Crippen LogP contribution in [0.15, 0.2) is 47.0 Å². The molecule has 0 saturated carbocycles. The Morgan fingerprint density at radius 3 is 2.57 bits per heavy atom. The maximum Gasteiger partial charge on any atom is 0.259 e. The molecule has 0 fully saturated rings. The summed E-state index contributed by atoms with van der Waals surface area (Å²) in [6.07, 6.45) is 0. The van der Waals surface area contributed by atoms with E-state index in [1.807, 2.05) is 31.2 Å². The molecule has 3 heterocycles. The Balaban J connectivity index is 1.58. The minimum atomic E-state index is -0.358. The Hall–Kier alpha value is -3.58. The number of anilines is 1. The van der Waals surface area contributed by atoms with Gasteiger partial charge in [-0.2, -0.15) is 0 Å². The molecule has 5 rings (SSSR count). The fraction of sp³-hybridized carbons (Fsp3) is 0.136. The lowest BCUT2D eigenvalue weighted by atomic mass is 10.0. The number of aromatic nitrogens is 2. The van der Waals surface area contributed by atoms with Gasteiger partial charge in [0.05, 0.1) is 33.0 Å². The van der Waals surface area contributed by atoms with Gasteiger partial charge in [0.25, 0.3) is 11.6 Å². The minimum Gasteiger partial charge on any atom is -0.454 e. The molecule has 2 aromatic heterocycles. The summed E-state index contributed by atoms with van der Waals surface area (Å²) in [5.41, 5.74) is 4.30. The van der Waals surface area contributed by atoms with E-state index >= 15 is 0 Å². The molecule has 0 atom stereocenters. The maximum atomic E-state index is 13.2. The molecule has 0 aliphatic carbocycles. The second-order valence-electron chi connectivity index (χ2n) is 7.01. The number of nitrogens with one attached hydrogen (secondary N) is 1. The van der Waals surface area contributed by atoms with Gasteiger partial charge in [0.15, 0.2) is 11.5 Å². The monoisotopic (exact) mass is 421 g/mol. The van der Waals surface area contributed by atoms with E-state index in [0.29, 0.717) is 50.3 Å². The van der Waals surface area contributed by atoms with Crippen molar-refractivity contribution in [2.45, 2.75) is 13.8 Å². The highest BCUT2D eigenvalue weighted by Crippen LogP contribution is 2.39. The Morgan fingerprint density at radius 1 is 1.07 bits per heavy atom. The predicted octanol–water partition coefficient (Wildman–Crippen LogP) is 5.14. The normalized spacial score (nSPS) is 12.4. The number of carbonyl (C=O) groups is 1. The standard InChI is InChI=1S/C22H16ClN3O4/c1-11-3-5-13(6-4-11)16-7-14(20-12(2)26-30-22(20)25-16)21(27)24-17-9-19-18(8-15(17)23)28-10-29-19/h3-9H,10H2,1-2H3,(H,24,27). The lowest BCUT2D eigenvalue weighted by molar-refractivity contribution is 0.102. The van der Waals surface area contributed by atoms with Crippen molar-refractivity contribution in [3.05, 3.63) is 64.3 Å². The van der Waals surface area contributed by atoms with Crippen LogP contribution in [0.1, 0.15) is 21.6 Å². The third kappa shape index (κ3) is 3.13. The highest BCUT2D eigenvalue weighted by Gasteiger charge is 2.22. The van der Waals surface area contributed by atoms with Gasteiger partial charge in [0.1, 0.15) is 0 Å². The Bertz CT molecular complexity index is 1300. The average molecular weight is 422 g/mol. The van der Waals surface area contributed by atoms with E-state index in [9.17, 15) is 4.79 Å². The molecule has 4 aromatic rings. The number of hydrogen-bond acceptors (Lipinski definition) is 6. The first-order chi connectivity index (χ1) is 14.5. The molecule has 2 aromatic carbocycles. The van der Waals surface area contributed by atoms with Crippen molar-refractivity contribution < 1.29 is 18.8 Å². The first-order valence-electron chi connectivity index (χ1n) is 9.24. The molecule has 8 heteroatoms. The highest BCUT2D eigenvalue weighted by atomic mass is 35.5. The van der Waals surface area contributed by atoms with Crippen molar-refractivity contribution >= 4 is 34.3 Å². The van der Waals surface area contributed by atoms with Crippen molar-refractivity contribution in [2.24, 2.45) is 0 Å². The zero-order chi connectivity index (χ0) is 20.8. The predicted molar refractivity (Wildman–Crippen MR) is 112 cm³/mol. The summed E-state index contributed by atoms with van der Waals surface area (Å²) in [6.45, 7) is 3.89. The number of nitrogens with zero attached hydrogens (tertiary/aromatic N) is 2. The van der Waals surface area contributed by atoms with Gasteiger partial charge in [-0.3, -0.25) is 4.79 Å². The lowest BCUT2D eigenvalue weighted by Gasteiger charge is -2.10. The van der Waals surface area contributed by atoms with Crippen molar-refractivity contribution in [1.29, 1.82) is 0 Å². The zero-order valence-electron chi connectivity index (χ0n) is 16.2. The van der Waals surface area contributed by atoms with Crippen LogP contribution in [0.2, 0.25) is 5.02 Å². The molecular weight excluding hydrogens is 406 g/mol. The molecule has 1 aliphatic rings. The fourth-order valence-electron chi connectivity index (χ4n) is 3.35. The van der Waals surface area contributed by atoms with Crippen molar-refractivity contribution in [3.8, 4) is 22.8 Å². The van der Waals surface area contributed by atoms with Gasteiger partial charge in [0.2, 0.25) is 6.79 Å². The molecule has 0 unspecified atom stereocenters. The largest absolute Gasteiger partial charge is 0.454 e. The summed E-state index contributed by atoms with van der Waals surface area (Å²) in [4.78, 5) is 17.8. The molecule has 1 N–H and O–H groups in total. The Labute approximate surface area is 176 Å². The molecule has 150 valence electrons. The van der Waals surface area contributed by atoms with Gasteiger partial charge in [-0.1, -0.05) is 46.6 Å². The Kier molecular flexibility index (Phi) is 4.33. The minimum absolute atomic E-state index is 0.119. The number of rotatable bonds is 3. The number of hydrogen-bond donors (Lipinski definition) is 1. The van der Waals surface area contributed by atoms with Crippen molar-refractivity contribution in [2.75, 3.05) is 12.1 Å². The van der Waals surface area contributed by atoms with E-state index < -0.39 is 0 Å². The van der Waals surface area contributed by atoms with Gasteiger partial charge in [-0.15, -0.1) is 0 Å². The van der Waals surface area contributed by atoms with Gasteiger partial charge >= 0.3 is 0 Å². The van der Waals surface area contributed by atoms with E-state index in [0.717, 1.165) is 11.1 Å². The summed E-state index contributed by atoms with van der Waals surface area (Å²) in [7, 11) is 0. The summed E-state index contributed by atoms with van der Waals surface area (Å²) in [6, 6.07) is 12.9. The second-order valence-corrected chi connectivity index (χ2v) is 7.42. The number of benzene rings is 2.